The zero-order valence-corrected chi connectivity index (χ0v) is 11.1. The summed E-state index contributed by atoms with van der Waals surface area (Å²) in [4.78, 5) is 19.3. The highest BCUT2D eigenvalue weighted by Gasteiger charge is 2.10. The number of thioether (sulfide) groups is 1. The van der Waals surface area contributed by atoms with E-state index in [-0.39, 0.29) is 5.56 Å². The van der Waals surface area contributed by atoms with Crippen LogP contribution in [0.25, 0.3) is 10.9 Å². The predicted octanol–water partition coefficient (Wildman–Crippen LogP) is 3.16. The minimum Gasteiger partial charge on any atom is -0.301 e. The number of H-pyrrole nitrogens is 1. The van der Waals surface area contributed by atoms with Crippen LogP contribution in [0.5, 0.6) is 0 Å². The molecule has 0 aliphatic heterocycles. The van der Waals surface area contributed by atoms with E-state index in [0.717, 1.165) is 16.8 Å². The number of nitrogens with zero attached hydrogens (tertiary/aromatic N) is 1. The molecule has 0 saturated heterocycles. The van der Waals surface area contributed by atoms with Gasteiger partial charge in [-0.05, 0) is 23.3 Å². The summed E-state index contributed by atoms with van der Waals surface area (Å²) in [6.45, 7) is 6.28. The Labute approximate surface area is 105 Å². The van der Waals surface area contributed by atoms with E-state index in [1.54, 1.807) is 11.8 Å². The largest absolute Gasteiger partial charge is 0.301 e. The van der Waals surface area contributed by atoms with Gasteiger partial charge in [-0.25, -0.2) is 4.98 Å². The smallest absolute Gasteiger partial charge is 0.259 e. The Bertz CT molecular complexity index is 589. The molecule has 0 atom stereocenters. The van der Waals surface area contributed by atoms with Crippen LogP contribution >= 0.6 is 11.8 Å². The normalized spacial score (nSPS) is 11.3. The van der Waals surface area contributed by atoms with Gasteiger partial charge >= 0.3 is 0 Å². The van der Waals surface area contributed by atoms with Crippen LogP contribution in [0.4, 0.5) is 0 Å². The summed E-state index contributed by atoms with van der Waals surface area (Å²) in [6, 6.07) is 5.79. The van der Waals surface area contributed by atoms with E-state index >= 15 is 0 Å². The van der Waals surface area contributed by atoms with Crippen molar-refractivity contribution >= 4 is 22.7 Å². The third kappa shape index (κ3) is 2.36. The molecule has 2 aromatic rings. The average molecular weight is 248 g/mol. The molecule has 0 aliphatic carbocycles. The molecule has 1 aromatic heterocycles. The molecular formula is C13H16N2OS. The number of hydrogen-bond donors (Lipinski definition) is 1. The fourth-order valence-corrected chi connectivity index (χ4v) is 2.43. The summed E-state index contributed by atoms with van der Waals surface area (Å²) in [5.74, 6) is 1.27. The number of rotatable bonds is 3. The Hall–Kier alpha value is -1.29. The number of fused-ring (bicyclic) bond motifs is 1. The van der Waals surface area contributed by atoms with Gasteiger partial charge in [0.1, 0.15) is 0 Å². The van der Waals surface area contributed by atoms with Gasteiger partial charge in [0.15, 0.2) is 5.16 Å². The minimum atomic E-state index is -0.0477. The topological polar surface area (TPSA) is 45.8 Å². The summed E-state index contributed by atoms with van der Waals surface area (Å²) >= 11 is 1.56. The van der Waals surface area contributed by atoms with Crippen molar-refractivity contribution in [1.29, 1.82) is 0 Å². The van der Waals surface area contributed by atoms with Crippen molar-refractivity contribution in [3.8, 4) is 0 Å². The molecule has 4 heteroatoms. The third-order valence-corrected chi connectivity index (χ3v) is 3.40. The van der Waals surface area contributed by atoms with Crippen molar-refractivity contribution in [1.82, 2.24) is 9.97 Å². The second kappa shape index (κ2) is 4.92. The van der Waals surface area contributed by atoms with Gasteiger partial charge in [0.2, 0.25) is 0 Å². The van der Waals surface area contributed by atoms with E-state index < -0.39 is 0 Å². The molecule has 0 saturated carbocycles. The first-order valence-corrected chi connectivity index (χ1v) is 6.77. The number of para-hydroxylation sites is 1. The van der Waals surface area contributed by atoms with Gasteiger partial charge in [0, 0.05) is 0 Å². The SMILES string of the molecule is CCSc1nc2c(C(C)C)cccc2c(=O)[nH]1. The van der Waals surface area contributed by atoms with Crippen LogP contribution in [0, 0.1) is 0 Å². The van der Waals surface area contributed by atoms with Crippen molar-refractivity contribution in [2.45, 2.75) is 31.8 Å². The van der Waals surface area contributed by atoms with Crippen LogP contribution < -0.4 is 5.56 Å². The predicted molar refractivity (Wildman–Crippen MR) is 72.9 cm³/mol. The summed E-state index contributed by atoms with van der Waals surface area (Å²) < 4.78 is 0. The number of aromatic nitrogens is 2. The Morgan fingerprint density at radius 1 is 1.41 bits per heavy atom. The molecule has 0 spiro atoms. The van der Waals surface area contributed by atoms with Gasteiger partial charge < -0.3 is 4.98 Å². The molecule has 90 valence electrons. The molecule has 1 N–H and O–H groups in total. The van der Waals surface area contributed by atoms with Crippen LogP contribution in [0.3, 0.4) is 0 Å². The molecule has 0 amide bonds. The first kappa shape index (κ1) is 12.2. The lowest BCUT2D eigenvalue weighted by Crippen LogP contribution is -2.10. The van der Waals surface area contributed by atoms with Crippen LogP contribution in [0.2, 0.25) is 0 Å². The van der Waals surface area contributed by atoms with Crippen LogP contribution in [0.1, 0.15) is 32.3 Å². The van der Waals surface area contributed by atoms with Gasteiger partial charge in [0.05, 0.1) is 10.9 Å². The van der Waals surface area contributed by atoms with E-state index in [0.29, 0.717) is 16.5 Å². The van der Waals surface area contributed by atoms with E-state index in [4.69, 9.17) is 0 Å². The lowest BCUT2D eigenvalue weighted by Gasteiger charge is -2.09. The Morgan fingerprint density at radius 3 is 2.82 bits per heavy atom. The monoisotopic (exact) mass is 248 g/mol. The van der Waals surface area contributed by atoms with Crippen LogP contribution in [-0.2, 0) is 0 Å². The van der Waals surface area contributed by atoms with Crippen LogP contribution in [0.15, 0.2) is 28.2 Å². The highest BCUT2D eigenvalue weighted by Crippen LogP contribution is 2.23. The molecule has 3 nitrogen and oxygen atoms in total. The molecular weight excluding hydrogens is 232 g/mol. The fraction of sp³-hybridized carbons (Fsp3) is 0.385. The fourth-order valence-electron chi connectivity index (χ4n) is 1.83. The first-order chi connectivity index (χ1) is 8.13. The second-order valence-electron chi connectivity index (χ2n) is 4.20. The number of nitrogens with one attached hydrogen (secondary N) is 1. The highest BCUT2D eigenvalue weighted by molar-refractivity contribution is 7.99. The van der Waals surface area contributed by atoms with Crippen LogP contribution in [-0.4, -0.2) is 15.7 Å². The summed E-state index contributed by atoms with van der Waals surface area (Å²) in [5.41, 5.74) is 1.92. The van der Waals surface area contributed by atoms with Gasteiger partial charge in [-0.1, -0.05) is 44.7 Å². The molecule has 17 heavy (non-hydrogen) atoms. The molecule has 1 aromatic carbocycles. The lowest BCUT2D eigenvalue weighted by molar-refractivity contribution is 0.864. The minimum absolute atomic E-state index is 0.0477. The van der Waals surface area contributed by atoms with Crippen molar-refractivity contribution in [3.63, 3.8) is 0 Å². The molecule has 0 radical (unpaired) electrons. The van der Waals surface area contributed by atoms with Crippen molar-refractivity contribution in [2.24, 2.45) is 0 Å². The van der Waals surface area contributed by atoms with Gasteiger partial charge in [-0.3, -0.25) is 4.79 Å². The Kier molecular flexibility index (Phi) is 3.52. The first-order valence-electron chi connectivity index (χ1n) is 5.79. The van der Waals surface area contributed by atoms with E-state index in [9.17, 15) is 4.79 Å². The molecule has 0 aliphatic rings. The molecule has 1 heterocycles. The van der Waals surface area contributed by atoms with E-state index in [1.165, 1.54) is 0 Å². The zero-order valence-electron chi connectivity index (χ0n) is 10.3. The second-order valence-corrected chi connectivity index (χ2v) is 5.45. The average Bonchev–Trinajstić information content (AvgIpc) is 2.28. The zero-order chi connectivity index (χ0) is 12.4. The van der Waals surface area contributed by atoms with Crippen molar-refractivity contribution in [3.05, 3.63) is 34.1 Å². The maximum Gasteiger partial charge on any atom is 0.259 e. The lowest BCUT2D eigenvalue weighted by atomic mass is 10.0. The van der Waals surface area contributed by atoms with Gasteiger partial charge in [-0.2, -0.15) is 0 Å². The quantitative estimate of drug-likeness (QED) is 0.670. The maximum absolute atomic E-state index is 11.9. The standard InChI is InChI=1S/C13H16N2OS/c1-4-17-13-14-11-9(8(2)3)6-5-7-10(11)12(16)15-13/h5-8H,4H2,1-3H3,(H,14,15,16). The number of hydrogen-bond acceptors (Lipinski definition) is 3. The summed E-state index contributed by atoms with van der Waals surface area (Å²) in [6.07, 6.45) is 0. The third-order valence-electron chi connectivity index (χ3n) is 2.65. The summed E-state index contributed by atoms with van der Waals surface area (Å²) in [5, 5.41) is 1.38. The van der Waals surface area contributed by atoms with Crippen molar-refractivity contribution < 1.29 is 0 Å². The number of aromatic amines is 1. The molecule has 0 fully saturated rings. The Morgan fingerprint density at radius 2 is 2.18 bits per heavy atom. The highest BCUT2D eigenvalue weighted by atomic mass is 32.2. The number of benzene rings is 1. The Balaban J connectivity index is 2.74. The van der Waals surface area contributed by atoms with Gasteiger partial charge in [0.25, 0.3) is 5.56 Å². The maximum atomic E-state index is 11.9. The van der Waals surface area contributed by atoms with E-state index in [2.05, 4.69) is 23.8 Å². The molecule has 0 unspecified atom stereocenters. The van der Waals surface area contributed by atoms with Gasteiger partial charge in [-0.15, -0.1) is 0 Å². The molecule has 2 rings (SSSR count). The van der Waals surface area contributed by atoms with E-state index in [1.807, 2.05) is 25.1 Å². The van der Waals surface area contributed by atoms with Crippen molar-refractivity contribution in [2.75, 3.05) is 5.75 Å². The molecule has 0 bridgehead atoms. The summed E-state index contributed by atoms with van der Waals surface area (Å²) in [7, 11) is 0.